The molecule has 0 amide bonds. The van der Waals surface area contributed by atoms with Crippen LogP contribution in [0, 0.1) is 17.8 Å². The van der Waals surface area contributed by atoms with E-state index in [0.717, 1.165) is 22.8 Å². The minimum atomic E-state index is 0.312. The zero-order chi connectivity index (χ0) is 13.4. The molecule has 0 aliphatic heterocycles. The molecule has 2 aliphatic carbocycles. The van der Waals surface area contributed by atoms with Gasteiger partial charge >= 0.3 is 0 Å². The van der Waals surface area contributed by atoms with Crippen molar-refractivity contribution < 1.29 is 0 Å². The topological polar surface area (TPSA) is 12.0 Å². The van der Waals surface area contributed by atoms with Gasteiger partial charge < -0.3 is 5.32 Å². The molecule has 5 atom stereocenters. The number of rotatable bonds is 4. The van der Waals surface area contributed by atoms with E-state index in [2.05, 4.69) is 43.4 Å². The highest BCUT2D eigenvalue weighted by molar-refractivity contribution is 6.31. The van der Waals surface area contributed by atoms with E-state index < -0.39 is 0 Å². The normalized spacial score (nSPS) is 31.6. The van der Waals surface area contributed by atoms with Crippen LogP contribution in [0.15, 0.2) is 36.4 Å². The van der Waals surface area contributed by atoms with Crippen LogP contribution in [0.25, 0.3) is 0 Å². The van der Waals surface area contributed by atoms with Gasteiger partial charge in [-0.25, -0.2) is 0 Å². The summed E-state index contributed by atoms with van der Waals surface area (Å²) in [7, 11) is 0. The van der Waals surface area contributed by atoms with Gasteiger partial charge in [-0.2, -0.15) is 0 Å². The van der Waals surface area contributed by atoms with Gasteiger partial charge in [-0.3, -0.25) is 0 Å². The van der Waals surface area contributed by atoms with E-state index >= 15 is 0 Å². The highest BCUT2D eigenvalue weighted by Gasteiger charge is 2.38. The van der Waals surface area contributed by atoms with Gasteiger partial charge in [0.05, 0.1) is 0 Å². The third-order valence-electron chi connectivity index (χ3n) is 4.86. The van der Waals surface area contributed by atoms with Crippen molar-refractivity contribution in [3.8, 4) is 0 Å². The number of nitrogens with one attached hydrogen (secondary N) is 1. The fourth-order valence-electron chi connectivity index (χ4n) is 3.83. The molecular weight excluding hydrogens is 254 g/mol. The fraction of sp³-hybridized carbons (Fsp3) is 0.529. The molecular formula is C17H22ClN. The van der Waals surface area contributed by atoms with Crippen LogP contribution < -0.4 is 5.32 Å². The van der Waals surface area contributed by atoms with Crippen LogP contribution in [0.4, 0.5) is 0 Å². The van der Waals surface area contributed by atoms with E-state index in [1.165, 1.54) is 18.4 Å². The quantitative estimate of drug-likeness (QED) is 0.793. The van der Waals surface area contributed by atoms with Crippen LogP contribution in [0.3, 0.4) is 0 Å². The lowest BCUT2D eigenvalue weighted by Crippen LogP contribution is -2.37. The predicted molar refractivity (Wildman–Crippen MR) is 81.3 cm³/mol. The Morgan fingerprint density at radius 1 is 1.16 bits per heavy atom. The molecule has 2 heteroatoms. The highest BCUT2D eigenvalue weighted by Crippen LogP contribution is 2.45. The minimum absolute atomic E-state index is 0.312. The van der Waals surface area contributed by atoms with Crippen LogP contribution in [0.1, 0.15) is 38.3 Å². The molecule has 1 aromatic rings. The Balaban J connectivity index is 1.65. The first-order valence-electron chi connectivity index (χ1n) is 7.34. The van der Waals surface area contributed by atoms with Crippen LogP contribution >= 0.6 is 11.6 Å². The van der Waals surface area contributed by atoms with Crippen LogP contribution in [0.2, 0.25) is 5.02 Å². The lowest BCUT2D eigenvalue weighted by Gasteiger charge is -2.29. The molecule has 19 heavy (non-hydrogen) atoms. The maximum absolute atomic E-state index is 6.27. The second-order valence-electron chi connectivity index (χ2n) is 6.14. The van der Waals surface area contributed by atoms with E-state index in [4.69, 9.17) is 11.6 Å². The first kappa shape index (κ1) is 13.2. The van der Waals surface area contributed by atoms with Crippen molar-refractivity contribution >= 4 is 11.6 Å². The molecule has 3 rings (SSSR count). The summed E-state index contributed by atoms with van der Waals surface area (Å²) in [6.45, 7) is 4.54. The monoisotopic (exact) mass is 275 g/mol. The first-order valence-corrected chi connectivity index (χ1v) is 7.71. The second kappa shape index (κ2) is 5.30. The smallest absolute Gasteiger partial charge is 0.0453 e. The van der Waals surface area contributed by atoms with Gasteiger partial charge in [-0.1, -0.05) is 42.0 Å². The van der Waals surface area contributed by atoms with Gasteiger partial charge in [0.1, 0.15) is 0 Å². The Labute approximate surface area is 121 Å². The Hall–Kier alpha value is -0.790. The molecule has 102 valence electrons. The molecule has 2 bridgehead atoms. The highest BCUT2D eigenvalue weighted by atomic mass is 35.5. The molecule has 1 nitrogen and oxygen atoms in total. The summed E-state index contributed by atoms with van der Waals surface area (Å²) in [6.07, 6.45) is 7.56. The fourth-order valence-corrected chi connectivity index (χ4v) is 4.13. The predicted octanol–water partition coefficient (Wildman–Crippen LogP) is 4.59. The summed E-state index contributed by atoms with van der Waals surface area (Å²) in [5, 5.41) is 4.61. The molecule has 2 aliphatic rings. The summed E-state index contributed by atoms with van der Waals surface area (Å²) in [5.74, 6) is 2.43. The van der Waals surface area contributed by atoms with Crippen molar-refractivity contribution in [3.63, 3.8) is 0 Å². The standard InChI is InChI=1S/C17H22ClN/c1-11(15-5-3-4-6-17(15)18)19-12(2)16-10-13-7-8-14(16)9-13/h3-8,11-14,16,19H,9-10H2,1-2H3/t11-,12?,13?,14?,16?/m0/s1. The largest absolute Gasteiger partial charge is 0.307 e. The van der Waals surface area contributed by atoms with Crippen molar-refractivity contribution in [3.05, 3.63) is 47.0 Å². The number of hydrogen-bond donors (Lipinski definition) is 1. The maximum atomic E-state index is 6.27. The summed E-state index contributed by atoms with van der Waals surface area (Å²) in [5.41, 5.74) is 1.20. The molecule has 0 radical (unpaired) electrons. The molecule has 1 fully saturated rings. The summed E-state index contributed by atoms with van der Waals surface area (Å²) in [6, 6.07) is 9.00. The molecule has 0 aromatic heterocycles. The van der Waals surface area contributed by atoms with E-state index in [1.807, 2.05) is 12.1 Å². The number of allylic oxidation sites excluding steroid dienone is 2. The van der Waals surface area contributed by atoms with Gasteiger partial charge in [0.2, 0.25) is 0 Å². The Morgan fingerprint density at radius 2 is 1.95 bits per heavy atom. The summed E-state index contributed by atoms with van der Waals surface area (Å²) < 4.78 is 0. The lowest BCUT2D eigenvalue weighted by atomic mass is 9.87. The van der Waals surface area contributed by atoms with Gasteiger partial charge in [-0.05, 0) is 56.1 Å². The number of halogens is 1. The van der Waals surface area contributed by atoms with E-state index in [0.29, 0.717) is 12.1 Å². The molecule has 0 heterocycles. The van der Waals surface area contributed by atoms with Crippen molar-refractivity contribution in [2.24, 2.45) is 17.8 Å². The first-order chi connectivity index (χ1) is 9.15. The van der Waals surface area contributed by atoms with Gasteiger partial charge in [0, 0.05) is 17.1 Å². The average molecular weight is 276 g/mol. The van der Waals surface area contributed by atoms with E-state index in [-0.39, 0.29) is 0 Å². The van der Waals surface area contributed by atoms with Gasteiger partial charge in [-0.15, -0.1) is 0 Å². The summed E-state index contributed by atoms with van der Waals surface area (Å²) in [4.78, 5) is 0. The van der Waals surface area contributed by atoms with Gasteiger partial charge in [0.25, 0.3) is 0 Å². The number of benzene rings is 1. The zero-order valence-electron chi connectivity index (χ0n) is 11.6. The molecule has 1 aromatic carbocycles. The number of hydrogen-bond acceptors (Lipinski definition) is 1. The van der Waals surface area contributed by atoms with Crippen LogP contribution in [-0.4, -0.2) is 6.04 Å². The van der Waals surface area contributed by atoms with Crippen molar-refractivity contribution in [1.29, 1.82) is 0 Å². The van der Waals surface area contributed by atoms with E-state index in [1.54, 1.807) is 0 Å². The third kappa shape index (κ3) is 2.59. The van der Waals surface area contributed by atoms with Crippen molar-refractivity contribution in [1.82, 2.24) is 5.32 Å². The van der Waals surface area contributed by atoms with Crippen molar-refractivity contribution in [2.75, 3.05) is 0 Å². The lowest BCUT2D eigenvalue weighted by molar-refractivity contribution is 0.307. The Morgan fingerprint density at radius 3 is 2.58 bits per heavy atom. The van der Waals surface area contributed by atoms with Crippen LogP contribution in [0.5, 0.6) is 0 Å². The third-order valence-corrected chi connectivity index (χ3v) is 5.20. The average Bonchev–Trinajstić information content (AvgIpc) is 3.01. The molecule has 1 N–H and O–H groups in total. The number of fused-ring (bicyclic) bond motifs is 2. The van der Waals surface area contributed by atoms with Crippen molar-refractivity contribution in [2.45, 2.75) is 38.8 Å². The molecule has 0 saturated heterocycles. The summed E-state index contributed by atoms with van der Waals surface area (Å²) >= 11 is 6.27. The van der Waals surface area contributed by atoms with E-state index in [9.17, 15) is 0 Å². The Bertz CT molecular complexity index is 482. The molecule has 1 saturated carbocycles. The molecule has 4 unspecified atom stereocenters. The SMILES string of the molecule is CC(N[C@@H](C)c1ccccc1Cl)C1CC2C=CC1C2. The zero-order valence-corrected chi connectivity index (χ0v) is 12.4. The maximum Gasteiger partial charge on any atom is 0.0453 e. The van der Waals surface area contributed by atoms with Crippen LogP contribution in [-0.2, 0) is 0 Å². The Kier molecular flexibility index (Phi) is 3.68. The second-order valence-corrected chi connectivity index (χ2v) is 6.55. The minimum Gasteiger partial charge on any atom is -0.307 e. The van der Waals surface area contributed by atoms with Gasteiger partial charge in [0.15, 0.2) is 0 Å². The molecule has 0 spiro atoms.